The molecule has 0 aliphatic rings. The van der Waals surface area contributed by atoms with Gasteiger partial charge in [0.15, 0.2) is 0 Å². The molecule has 2 rings (SSSR count). The summed E-state index contributed by atoms with van der Waals surface area (Å²) in [6.07, 6.45) is 1.78. The van der Waals surface area contributed by atoms with E-state index in [0.29, 0.717) is 17.1 Å². The molecular formula is C15H13ClN2O. The fourth-order valence-electron chi connectivity index (χ4n) is 2.13. The molecule has 19 heavy (non-hydrogen) atoms. The van der Waals surface area contributed by atoms with Crippen LogP contribution in [0.25, 0.3) is 11.1 Å². The first kappa shape index (κ1) is 13.4. The number of rotatable bonds is 2. The molecule has 0 fully saturated rings. The van der Waals surface area contributed by atoms with E-state index in [4.69, 9.17) is 11.6 Å². The minimum Gasteiger partial charge on any atom is -0.314 e. The van der Waals surface area contributed by atoms with Gasteiger partial charge in [-0.1, -0.05) is 23.7 Å². The van der Waals surface area contributed by atoms with E-state index in [-0.39, 0.29) is 11.1 Å². The predicted molar refractivity (Wildman–Crippen MR) is 76.3 cm³/mol. The van der Waals surface area contributed by atoms with Crippen molar-refractivity contribution in [3.8, 4) is 17.2 Å². The highest BCUT2D eigenvalue weighted by molar-refractivity contribution is 6.30. The molecule has 3 nitrogen and oxygen atoms in total. The van der Waals surface area contributed by atoms with Crippen molar-refractivity contribution in [1.29, 1.82) is 5.26 Å². The van der Waals surface area contributed by atoms with E-state index in [2.05, 4.69) is 0 Å². The molecule has 0 radical (unpaired) electrons. The highest BCUT2D eigenvalue weighted by Gasteiger charge is 2.14. The van der Waals surface area contributed by atoms with Crippen LogP contribution in [0.4, 0.5) is 0 Å². The summed E-state index contributed by atoms with van der Waals surface area (Å²) in [5.41, 5.74) is 2.36. The molecule has 96 valence electrons. The molecular weight excluding hydrogens is 260 g/mol. The van der Waals surface area contributed by atoms with Crippen molar-refractivity contribution < 1.29 is 0 Å². The summed E-state index contributed by atoms with van der Waals surface area (Å²) in [5, 5.41) is 9.90. The zero-order valence-electron chi connectivity index (χ0n) is 10.8. The van der Waals surface area contributed by atoms with Crippen molar-refractivity contribution in [3.63, 3.8) is 0 Å². The van der Waals surface area contributed by atoms with Crippen LogP contribution < -0.4 is 5.56 Å². The van der Waals surface area contributed by atoms with Gasteiger partial charge >= 0.3 is 0 Å². The van der Waals surface area contributed by atoms with E-state index in [0.717, 1.165) is 11.1 Å². The smallest absolute Gasteiger partial charge is 0.269 e. The van der Waals surface area contributed by atoms with Crippen molar-refractivity contribution in [2.45, 2.75) is 20.4 Å². The minimum atomic E-state index is -0.249. The van der Waals surface area contributed by atoms with Crippen molar-refractivity contribution in [2.75, 3.05) is 0 Å². The Morgan fingerprint density at radius 1 is 1.32 bits per heavy atom. The Kier molecular flexibility index (Phi) is 3.73. The molecule has 0 unspecified atom stereocenters. The number of halogens is 1. The lowest BCUT2D eigenvalue weighted by Crippen LogP contribution is -2.23. The maximum absolute atomic E-state index is 12.2. The number of pyridine rings is 1. The van der Waals surface area contributed by atoms with E-state index >= 15 is 0 Å². The lowest BCUT2D eigenvalue weighted by Gasteiger charge is -2.11. The number of hydrogen-bond donors (Lipinski definition) is 0. The minimum absolute atomic E-state index is 0.184. The average molecular weight is 273 g/mol. The van der Waals surface area contributed by atoms with Crippen molar-refractivity contribution >= 4 is 11.6 Å². The number of aryl methyl sites for hydroxylation is 2. The first-order chi connectivity index (χ1) is 9.08. The van der Waals surface area contributed by atoms with Gasteiger partial charge in [0.1, 0.15) is 11.6 Å². The molecule has 0 spiro atoms. The van der Waals surface area contributed by atoms with Crippen LogP contribution in [0.5, 0.6) is 0 Å². The van der Waals surface area contributed by atoms with E-state index in [1.54, 1.807) is 22.9 Å². The van der Waals surface area contributed by atoms with Crippen molar-refractivity contribution in [2.24, 2.45) is 0 Å². The number of benzene rings is 1. The second kappa shape index (κ2) is 5.29. The fraction of sp³-hybridized carbons (Fsp3) is 0.200. The second-order valence-corrected chi connectivity index (χ2v) is 4.71. The molecule has 1 heterocycles. The van der Waals surface area contributed by atoms with Gasteiger partial charge in [0, 0.05) is 23.3 Å². The summed E-state index contributed by atoms with van der Waals surface area (Å²) in [6, 6.07) is 9.17. The largest absolute Gasteiger partial charge is 0.314 e. The predicted octanol–water partition coefficient (Wildman–Crippen LogP) is 3.37. The van der Waals surface area contributed by atoms with Gasteiger partial charge in [0.25, 0.3) is 5.56 Å². The Bertz CT molecular complexity index is 709. The number of hydrogen-bond acceptors (Lipinski definition) is 2. The van der Waals surface area contributed by atoms with Crippen LogP contribution in [-0.2, 0) is 6.54 Å². The van der Waals surface area contributed by atoms with E-state index < -0.39 is 0 Å². The van der Waals surface area contributed by atoms with Gasteiger partial charge < -0.3 is 4.57 Å². The molecule has 0 saturated heterocycles. The highest BCUT2D eigenvalue weighted by atomic mass is 35.5. The van der Waals surface area contributed by atoms with Crippen LogP contribution in [0.3, 0.4) is 0 Å². The normalized spacial score (nSPS) is 10.2. The Labute approximate surface area is 116 Å². The van der Waals surface area contributed by atoms with Crippen LogP contribution in [-0.4, -0.2) is 4.57 Å². The summed E-state index contributed by atoms with van der Waals surface area (Å²) in [5.74, 6) is 0. The van der Waals surface area contributed by atoms with Crippen molar-refractivity contribution in [3.05, 3.63) is 57.0 Å². The quantitative estimate of drug-likeness (QED) is 0.841. The Hall–Kier alpha value is -2.05. The van der Waals surface area contributed by atoms with E-state index in [1.807, 2.05) is 32.0 Å². The van der Waals surface area contributed by atoms with Crippen LogP contribution >= 0.6 is 11.6 Å². The van der Waals surface area contributed by atoms with E-state index in [1.165, 1.54) is 0 Å². The summed E-state index contributed by atoms with van der Waals surface area (Å²) < 4.78 is 1.55. The van der Waals surface area contributed by atoms with Gasteiger partial charge in [-0.05, 0) is 37.1 Å². The molecule has 2 aromatic rings. The molecule has 0 N–H and O–H groups in total. The van der Waals surface area contributed by atoms with Gasteiger partial charge in [-0.2, -0.15) is 5.26 Å². The Morgan fingerprint density at radius 2 is 1.95 bits per heavy atom. The highest BCUT2D eigenvalue weighted by Crippen LogP contribution is 2.26. The molecule has 0 atom stereocenters. The lowest BCUT2D eigenvalue weighted by atomic mass is 9.97. The summed E-state index contributed by atoms with van der Waals surface area (Å²) in [4.78, 5) is 12.2. The van der Waals surface area contributed by atoms with Crippen LogP contribution in [0, 0.1) is 18.3 Å². The average Bonchev–Trinajstić information content (AvgIpc) is 2.41. The Morgan fingerprint density at radius 3 is 2.47 bits per heavy atom. The third-order valence-corrected chi connectivity index (χ3v) is 3.31. The maximum atomic E-state index is 12.2. The number of aromatic nitrogens is 1. The van der Waals surface area contributed by atoms with Crippen LogP contribution in [0.15, 0.2) is 35.3 Å². The lowest BCUT2D eigenvalue weighted by molar-refractivity contribution is 0.721. The summed E-state index contributed by atoms with van der Waals surface area (Å²) >= 11 is 5.86. The fourth-order valence-corrected chi connectivity index (χ4v) is 2.26. The monoisotopic (exact) mass is 272 g/mol. The maximum Gasteiger partial charge on any atom is 0.269 e. The number of nitriles is 1. The molecule has 0 bridgehead atoms. The third kappa shape index (κ3) is 2.40. The Balaban J connectivity index is 2.77. The summed E-state index contributed by atoms with van der Waals surface area (Å²) in [6.45, 7) is 4.33. The van der Waals surface area contributed by atoms with Gasteiger partial charge in [0.05, 0.1) is 0 Å². The van der Waals surface area contributed by atoms with Gasteiger partial charge in [-0.15, -0.1) is 0 Å². The van der Waals surface area contributed by atoms with Gasteiger partial charge in [-0.3, -0.25) is 4.79 Å². The molecule has 0 amide bonds. The third-order valence-electron chi connectivity index (χ3n) is 3.05. The molecule has 1 aromatic heterocycles. The first-order valence-electron chi connectivity index (χ1n) is 5.98. The number of nitrogens with zero attached hydrogens (tertiary/aromatic N) is 2. The van der Waals surface area contributed by atoms with Gasteiger partial charge in [0.2, 0.25) is 0 Å². The topological polar surface area (TPSA) is 45.8 Å². The van der Waals surface area contributed by atoms with Gasteiger partial charge in [-0.25, -0.2) is 0 Å². The standard InChI is InChI=1S/C15H13ClN2O/c1-3-18-9-10(2)14(13(8-17)15(18)19)11-4-6-12(16)7-5-11/h4-7,9H,3H2,1-2H3. The molecule has 4 heteroatoms. The molecule has 0 aliphatic carbocycles. The SMILES string of the molecule is CCn1cc(C)c(-c2ccc(Cl)cc2)c(C#N)c1=O. The zero-order valence-corrected chi connectivity index (χ0v) is 11.5. The molecule has 0 saturated carbocycles. The molecule has 1 aromatic carbocycles. The first-order valence-corrected chi connectivity index (χ1v) is 6.36. The second-order valence-electron chi connectivity index (χ2n) is 4.27. The van der Waals surface area contributed by atoms with E-state index in [9.17, 15) is 10.1 Å². The van der Waals surface area contributed by atoms with Crippen LogP contribution in [0.2, 0.25) is 5.02 Å². The zero-order chi connectivity index (χ0) is 14.0. The summed E-state index contributed by atoms with van der Waals surface area (Å²) in [7, 11) is 0. The van der Waals surface area contributed by atoms with Crippen LogP contribution in [0.1, 0.15) is 18.1 Å². The van der Waals surface area contributed by atoms with Crippen molar-refractivity contribution in [1.82, 2.24) is 4.57 Å². The molecule has 0 aliphatic heterocycles.